The summed E-state index contributed by atoms with van der Waals surface area (Å²) in [5.74, 6) is 1.85. The van der Waals surface area contributed by atoms with Gasteiger partial charge in [0.1, 0.15) is 6.10 Å². The Balaban J connectivity index is 2.16. The second kappa shape index (κ2) is 6.76. The Morgan fingerprint density at radius 1 is 1.32 bits per heavy atom. The van der Waals surface area contributed by atoms with Crippen LogP contribution in [0, 0.1) is 5.92 Å². The van der Waals surface area contributed by atoms with E-state index in [1.54, 1.807) is 0 Å². The molecule has 0 amide bonds. The molecule has 0 saturated carbocycles. The molecule has 0 radical (unpaired) electrons. The summed E-state index contributed by atoms with van der Waals surface area (Å²) in [6.45, 7) is 4.41. The molecular formula is C16H20ClNO. The van der Waals surface area contributed by atoms with Crippen molar-refractivity contribution in [1.82, 2.24) is 0 Å². The summed E-state index contributed by atoms with van der Waals surface area (Å²) in [6.07, 6.45) is 4.99. The maximum Gasteiger partial charge on any atom is 0.217 e. The van der Waals surface area contributed by atoms with Crippen molar-refractivity contribution < 1.29 is 4.74 Å². The second-order valence-corrected chi connectivity index (χ2v) is 5.47. The molecular weight excluding hydrogens is 258 g/mol. The van der Waals surface area contributed by atoms with Gasteiger partial charge in [-0.15, -0.1) is 11.6 Å². The van der Waals surface area contributed by atoms with Crippen LogP contribution in [0.5, 0.6) is 0 Å². The molecule has 1 aliphatic rings. The fourth-order valence-corrected chi connectivity index (χ4v) is 2.31. The molecule has 0 aromatic heterocycles. The number of benzene rings is 1. The Morgan fingerprint density at radius 2 is 2.05 bits per heavy atom. The minimum Gasteiger partial charge on any atom is -0.468 e. The number of ether oxygens (including phenoxy) is 1. The van der Waals surface area contributed by atoms with Crippen molar-refractivity contribution in [1.29, 1.82) is 0 Å². The normalized spacial score (nSPS) is 22.8. The number of rotatable bonds is 5. The average molecular weight is 278 g/mol. The van der Waals surface area contributed by atoms with Crippen LogP contribution in [-0.4, -0.2) is 23.9 Å². The third kappa shape index (κ3) is 3.84. The molecule has 1 heterocycles. The molecule has 2 rings (SSSR count). The minimum atomic E-state index is 0.0105. The summed E-state index contributed by atoms with van der Waals surface area (Å²) in [4.78, 5) is 4.73. The molecule has 1 aliphatic heterocycles. The first-order valence-corrected chi connectivity index (χ1v) is 7.26. The second-order valence-electron chi connectivity index (χ2n) is 5.16. The van der Waals surface area contributed by atoms with E-state index in [0.717, 1.165) is 17.9 Å². The van der Waals surface area contributed by atoms with Crippen molar-refractivity contribution in [3.05, 3.63) is 48.0 Å². The summed E-state index contributed by atoms with van der Waals surface area (Å²) in [7, 11) is 0. The molecule has 0 unspecified atom stereocenters. The van der Waals surface area contributed by atoms with Gasteiger partial charge < -0.3 is 4.74 Å². The van der Waals surface area contributed by atoms with Crippen LogP contribution >= 0.6 is 11.6 Å². The van der Waals surface area contributed by atoms with E-state index >= 15 is 0 Å². The number of aliphatic imine (C=N–C) groups is 1. The molecule has 1 aromatic rings. The van der Waals surface area contributed by atoms with E-state index in [1.807, 2.05) is 42.5 Å². The monoisotopic (exact) mass is 277 g/mol. The average Bonchev–Trinajstić information content (AvgIpc) is 2.80. The van der Waals surface area contributed by atoms with Gasteiger partial charge in [-0.3, -0.25) is 0 Å². The van der Waals surface area contributed by atoms with Crippen molar-refractivity contribution in [3.8, 4) is 0 Å². The predicted molar refractivity (Wildman–Crippen MR) is 81.0 cm³/mol. The van der Waals surface area contributed by atoms with Crippen molar-refractivity contribution >= 4 is 17.5 Å². The van der Waals surface area contributed by atoms with Crippen molar-refractivity contribution in [2.24, 2.45) is 10.9 Å². The zero-order valence-corrected chi connectivity index (χ0v) is 12.2. The van der Waals surface area contributed by atoms with Crippen LogP contribution in [0.15, 0.2) is 47.5 Å². The van der Waals surface area contributed by atoms with Crippen molar-refractivity contribution in [3.63, 3.8) is 0 Å². The molecule has 2 atom stereocenters. The van der Waals surface area contributed by atoms with E-state index in [-0.39, 0.29) is 12.1 Å². The highest BCUT2D eigenvalue weighted by atomic mass is 35.5. The van der Waals surface area contributed by atoms with Crippen LogP contribution in [0.1, 0.15) is 25.8 Å². The number of hydrogen-bond donors (Lipinski definition) is 0. The number of nitrogens with zero attached hydrogens (tertiary/aromatic N) is 1. The summed E-state index contributed by atoms with van der Waals surface area (Å²) >= 11 is 5.71. The van der Waals surface area contributed by atoms with E-state index in [9.17, 15) is 0 Å². The molecule has 0 fully saturated rings. The van der Waals surface area contributed by atoms with Gasteiger partial charge in [-0.2, -0.15) is 0 Å². The van der Waals surface area contributed by atoms with Gasteiger partial charge in [-0.05, 0) is 30.5 Å². The molecule has 102 valence electrons. The molecule has 2 nitrogen and oxygen atoms in total. The van der Waals surface area contributed by atoms with Crippen LogP contribution < -0.4 is 0 Å². The quantitative estimate of drug-likeness (QED) is 0.588. The first kappa shape index (κ1) is 14.1. The van der Waals surface area contributed by atoms with Gasteiger partial charge in [-0.25, -0.2) is 4.99 Å². The van der Waals surface area contributed by atoms with Crippen LogP contribution in [0.4, 0.5) is 0 Å². The summed E-state index contributed by atoms with van der Waals surface area (Å²) in [5, 5.41) is 0. The van der Waals surface area contributed by atoms with Gasteiger partial charge in [-0.1, -0.05) is 38.1 Å². The molecule has 0 aliphatic carbocycles. The first-order valence-electron chi connectivity index (χ1n) is 6.73. The molecule has 1 aromatic carbocycles. The van der Waals surface area contributed by atoms with Crippen LogP contribution in [0.2, 0.25) is 0 Å². The molecule has 0 bridgehead atoms. The highest BCUT2D eigenvalue weighted by molar-refractivity contribution is 6.18. The van der Waals surface area contributed by atoms with Gasteiger partial charge in [0.05, 0.1) is 6.04 Å². The maximum atomic E-state index is 5.97. The largest absolute Gasteiger partial charge is 0.468 e. The third-order valence-corrected chi connectivity index (χ3v) is 3.24. The summed E-state index contributed by atoms with van der Waals surface area (Å²) in [6, 6.07) is 10.2. The Morgan fingerprint density at radius 3 is 2.68 bits per heavy atom. The van der Waals surface area contributed by atoms with E-state index in [0.29, 0.717) is 11.8 Å². The Hall–Kier alpha value is -1.28. The van der Waals surface area contributed by atoms with E-state index in [2.05, 4.69) is 13.8 Å². The number of allylic oxidation sites excluding steroid dienone is 1. The standard InChI is InChI=1S/C16H20ClNO/c1-12(2)11-14-15(9-6-10-17)19-16(18-14)13-7-4-3-5-8-13/h3-9,12,14-15H,10-11H2,1-2H3/b9-6+/t14-,15-/m0/s1. The van der Waals surface area contributed by atoms with Crippen LogP contribution in [-0.2, 0) is 4.74 Å². The SMILES string of the molecule is CC(C)C[C@@H]1N=C(c2ccccc2)O[C@H]1/C=C/CCl. The maximum absolute atomic E-state index is 5.97. The first-order chi connectivity index (χ1) is 9.20. The lowest BCUT2D eigenvalue weighted by Crippen LogP contribution is -2.21. The van der Waals surface area contributed by atoms with Crippen molar-refractivity contribution in [2.45, 2.75) is 32.4 Å². The number of alkyl halides is 1. The van der Waals surface area contributed by atoms with Gasteiger partial charge >= 0.3 is 0 Å². The summed E-state index contributed by atoms with van der Waals surface area (Å²) < 4.78 is 5.97. The van der Waals surface area contributed by atoms with Gasteiger partial charge in [0, 0.05) is 11.4 Å². The molecule has 3 heteroatoms. The van der Waals surface area contributed by atoms with Crippen molar-refractivity contribution in [2.75, 3.05) is 5.88 Å². The molecule has 19 heavy (non-hydrogen) atoms. The van der Waals surface area contributed by atoms with E-state index in [4.69, 9.17) is 21.3 Å². The fourth-order valence-electron chi connectivity index (χ4n) is 2.21. The van der Waals surface area contributed by atoms with E-state index in [1.165, 1.54) is 0 Å². The lowest BCUT2D eigenvalue weighted by molar-refractivity contribution is 0.229. The van der Waals surface area contributed by atoms with Gasteiger partial charge in [0.15, 0.2) is 0 Å². The Labute approximate surface area is 120 Å². The fraction of sp³-hybridized carbons (Fsp3) is 0.438. The predicted octanol–water partition coefficient (Wildman–Crippen LogP) is 4.04. The minimum absolute atomic E-state index is 0.0105. The molecule has 0 N–H and O–H groups in total. The van der Waals surface area contributed by atoms with E-state index < -0.39 is 0 Å². The Bertz CT molecular complexity index is 453. The zero-order valence-electron chi connectivity index (χ0n) is 11.4. The lowest BCUT2D eigenvalue weighted by Gasteiger charge is -2.15. The number of halogens is 1. The van der Waals surface area contributed by atoms with Crippen LogP contribution in [0.25, 0.3) is 0 Å². The van der Waals surface area contributed by atoms with Gasteiger partial charge in [0.25, 0.3) is 0 Å². The molecule has 0 spiro atoms. The highest BCUT2D eigenvalue weighted by Gasteiger charge is 2.29. The lowest BCUT2D eigenvalue weighted by atomic mass is 10.00. The smallest absolute Gasteiger partial charge is 0.217 e. The summed E-state index contributed by atoms with van der Waals surface area (Å²) in [5.41, 5.74) is 1.04. The van der Waals surface area contributed by atoms with Gasteiger partial charge in [0.2, 0.25) is 5.90 Å². The number of hydrogen-bond acceptors (Lipinski definition) is 2. The Kier molecular flexibility index (Phi) is 5.03. The zero-order chi connectivity index (χ0) is 13.7. The highest BCUT2D eigenvalue weighted by Crippen LogP contribution is 2.24. The topological polar surface area (TPSA) is 21.6 Å². The third-order valence-electron chi connectivity index (χ3n) is 3.06. The molecule has 0 saturated heterocycles. The van der Waals surface area contributed by atoms with Crippen LogP contribution in [0.3, 0.4) is 0 Å².